The number of piperidine rings is 1. The van der Waals surface area contributed by atoms with Gasteiger partial charge >= 0.3 is 0 Å². The molecule has 0 atom stereocenters. The van der Waals surface area contributed by atoms with Gasteiger partial charge < -0.3 is 10.6 Å². The Morgan fingerprint density at radius 1 is 1.28 bits per heavy atom. The Morgan fingerprint density at radius 3 is 2.64 bits per heavy atom. The lowest BCUT2D eigenvalue weighted by molar-refractivity contribution is 0.258. The molecule has 25 heavy (non-hydrogen) atoms. The number of halogens is 1. The predicted molar refractivity (Wildman–Crippen MR) is 105 cm³/mol. The highest BCUT2D eigenvalue weighted by Gasteiger charge is 2.30. The van der Waals surface area contributed by atoms with Crippen LogP contribution in [0.1, 0.15) is 25.5 Å². The number of nitrogens with two attached hydrogens (primary N) is 1. The zero-order valence-corrected chi connectivity index (χ0v) is 16.1. The Kier molecular flexibility index (Phi) is 4.22. The molecule has 0 bridgehead atoms. The van der Waals surface area contributed by atoms with Crippen molar-refractivity contribution in [3.05, 3.63) is 35.0 Å². The van der Waals surface area contributed by atoms with Crippen LogP contribution in [0.2, 0.25) is 5.02 Å². The summed E-state index contributed by atoms with van der Waals surface area (Å²) < 4.78 is 1.94. The molecule has 1 aromatic carbocycles. The van der Waals surface area contributed by atoms with E-state index in [1.165, 1.54) is 0 Å². The summed E-state index contributed by atoms with van der Waals surface area (Å²) in [5.41, 5.74) is 9.07. The van der Waals surface area contributed by atoms with Crippen LogP contribution in [-0.2, 0) is 0 Å². The summed E-state index contributed by atoms with van der Waals surface area (Å²) in [7, 11) is 0. The average Bonchev–Trinajstić information content (AvgIpc) is 3.16. The number of nitrogens with zero attached hydrogens (tertiary/aromatic N) is 4. The fourth-order valence-corrected chi connectivity index (χ4v) is 4.54. The van der Waals surface area contributed by atoms with E-state index in [0.717, 1.165) is 59.5 Å². The zero-order chi connectivity index (χ0) is 17.6. The van der Waals surface area contributed by atoms with Crippen molar-refractivity contribution in [3.63, 3.8) is 0 Å². The maximum atomic E-state index is 6.33. The van der Waals surface area contributed by atoms with Crippen molar-refractivity contribution in [1.82, 2.24) is 14.6 Å². The molecule has 0 amide bonds. The summed E-state index contributed by atoms with van der Waals surface area (Å²) in [6.45, 7) is 7.08. The van der Waals surface area contributed by atoms with Crippen LogP contribution in [-0.4, -0.2) is 34.2 Å². The third-order valence-corrected chi connectivity index (χ3v) is 6.58. The molecule has 4 rings (SSSR count). The van der Waals surface area contributed by atoms with E-state index in [4.69, 9.17) is 27.4 Å². The first-order valence-corrected chi connectivity index (χ1v) is 9.76. The number of imidazole rings is 1. The molecule has 2 N–H and O–H groups in total. The molecule has 1 aliphatic heterocycles. The molecule has 0 aliphatic carbocycles. The van der Waals surface area contributed by atoms with Gasteiger partial charge in [-0.15, -0.1) is 5.10 Å². The fourth-order valence-electron chi connectivity index (χ4n) is 3.32. The zero-order valence-electron chi connectivity index (χ0n) is 14.5. The van der Waals surface area contributed by atoms with E-state index in [1.54, 1.807) is 11.3 Å². The Labute approximate surface area is 156 Å². The van der Waals surface area contributed by atoms with E-state index in [1.807, 2.05) is 35.7 Å². The molecule has 3 heterocycles. The Balaban J connectivity index is 1.64. The lowest BCUT2D eigenvalue weighted by Gasteiger charge is -2.38. The van der Waals surface area contributed by atoms with Gasteiger partial charge in [0.1, 0.15) is 0 Å². The number of anilines is 1. The number of benzene rings is 1. The van der Waals surface area contributed by atoms with Crippen molar-refractivity contribution >= 4 is 33.0 Å². The third-order valence-electron chi connectivity index (χ3n) is 5.28. The van der Waals surface area contributed by atoms with Gasteiger partial charge in [0, 0.05) is 18.7 Å². The quantitative estimate of drug-likeness (QED) is 0.752. The van der Waals surface area contributed by atoms with Crippen molar-refractivity contribution in [2.24, 2.45) is 11.1 Å². The molecular formula is C18H22ClN5S. The lowest BCUT2D eigenvalue weighted by Crippen LogP contribution is -2.42. The lowest BCUT2D eigenvalue weighted by atomic mass is 9.81. The second-order valence-corrected chi connectivity index (χ2v) is 8.45. The fraction of sp³-hybridized carbons (Fsp3) is 0.444. The Bertz CT molecular complexity index is 907. The number of fused-ring (bicyclic) bond motifs is 1. The van der Waals surface area contributed by atoms with Crippen LogP contribution in [0.15, 0.2) is 24.3 Å². The molecule has 5 nitrogen and oxygen atoms in total. The van der Waals surface area contributed by atoms with Gasteiger partial charge in [0.25, 0.3) is 0 Å². The number of hydrogen-bond donors (Lipinski definition) is 1. The number of aryl methyl sites for hydroxylation is 1. The summed E-state index contributed by atoms with van der Waals surface area (Å²) in [5, 5.41) is 6.56. The van der Waals surface area contributed by atoms with Crippen LogP contribution in [0, 0.1) is 12.3 Å². The summed E-state index contributed by atoms with van der Waals surface area (Å²) in [4.78, 5) is 8.06. The van der Waals surface area contributed by atoms with Crippen LogP contribution in [0.25, 0.3) is 16.2 Å². The standard InChI is InChI=1S/C18H22ClN5S/c1-12-15(13-5-3-4-6-14(13)19)21-16-24(12)22-17(25-16)23-9-7-18(2,11-20)8-10-23/h3-6H,7-11,20H2,1-2H3. The Hall–Kier alpha value is -1.63. The number of aromatic nitrogens is 3. The highest BCUT2D eigenvalue weighted by atomic mass is 35.5. The third kappa shape index (κ3) is 2.92. The van der Waals surface area contributed by atoms with Crippen LogP contribution >= 0.6 is 22.9 Å². The highest BCUT2D eigenvalue weighted by molar-refractivity contribution is 7.20. The molecule has 0 saturated carbocycles. The normalized spacial score (nSPS) is 17.4. The summed E-state index contributed by atoms with van der Waals surface area (Å²) in [6, 6.07) is 7.81. The largest absolute Gasteiger partial charge is 0.347 e. The van der Waals surface area contributed by atoms with E-state index < -0.39 is 0 Å². The Morgan fingerprint density at radius 2 is 2.00 bits per heavy atom. The average molecular weight is 376 g/mol. The van der Waals surface area contributed by atoms with Crippen molar-refractivity contribution < 1.29 is 0 Å². The topological polar surface area (TPSA) is 59.5 Å². The van der Waals surface area contributed by atoms with E-state index in [2.05, 4.69) is 11.8 Å². The van der Waals surface area contributed by atoms with Crippen molar-refractivity contribution in [2.75, 3.05) is 24.5 Å². The van der Waals surface area contributed by atoms with Gasteiger partial charge in [-0.25, -0.2) is 9.50 Å². The minimum Gasteiger partial charge on any atom is -0.347 e. The van der Waals surface area contributed by atoms with Crippen molar-refractivity contribution in [1.29, 1.82) is 0 Å². The first-order valence-electron chi connectivity index (χ1n) is 8.57. The van der Waals surface area contributed by atoms with E-state index in [9.17, 15) is 0 Å². The van der Waals surface area contributed by atoms with Crippen molar-refractivity contribution in [2.45, 2.75) is 26.7 Å². The maximum Gasteiger partial charge on any atom is 0.214 e. The summed E-state index contributed by atoms with van der Waals surface area (Å²) in [6.07, 6.45) is 2.21. The molecule has 0 unspecified atom stereocenters. The highest BCUT2D eigenvalue weighted by Crippen LogP contribution is 2.36. The van der Waals surface area contributed by atoms with Crippen LogP contribution in [0.4, 0.5) is 5.13 Å². The van der Waals surface area contributed by atoms with E-state index in [0.29, 0.717) is 5.02 Å². The van der Waals surface area contributed by atoms with E-state index >= 15 is 0 Å². The van der Waals surface area contributed by atoms with Crippen molar-refractivity contribution in [3.8, 4) is 11.3 Å². The van der Waals surface area contributed by atoms with E-state index in [-0.39, 0.29) is 5.41 Å². The van der Waals surface area contributed by atoms with Crippen LogP contribution < -0.4 is 10.6 Å². The first-order chi connectivity index (χ1) is 12.0. The number of hydrogen-bond acceptors (Lipinski definition) is 5. The smallest absolute Gasteiger partial charge is 0.214 e. The molecule has 1 fully saturated rings. The first kappa shape index (κ1) is 16.8. The molecular weight excluding hydrogens is 354 g/mol. The molecule has 2 aromatic heterocycles. The minimum absolute atomic E-state index is 0.265. The second kappa shape index (κ2) is 6.27. The number of rotatable bonds is 3. The van der Waals surface area contributed by atoms with Gasteiger partial charge in [-0.05, 0) is 37.8 Å². The molecule has 1 saturated heterocycles. The van der Waals surface area contributed by atoms with Crippen LogP contribution in [0.3, 0.4) is 0 Å². The molecule has 132 valence electrons. The minimum atomic E-state index is 0.265. The SMILES string of the molecule is Cc1c(-c2ccccc2Cl)nc2sc(N3CCC(C)(CN)CC3)nn12. The van der Waals surface area contributed by atoms with Gasteiger partial charge in [-0.3, -0.25) is 0 Å². The summed E-state index contributed by atoms with van der Waals surface area (Å²) in [5.74, 6) is 0. The summed E-state index contributed by atoms with van der Waals surface area (Å²) >= 11 is 7.97. The molecule has 0 radical (unpaired) electrons. The van der Waals surface area contributed by atoms with Gasteiger partial charge in [0.15, 0.2) is 0 Å². The maximum absolute atomic E-state index is 6.33. The molecule has 7 heteroatoms. The van der Waals surface area contributed by atoms with Gasteiger partial charge in [0.05, 0.1) is 16.4 Å². The molecule has 0 spiro atoms. The van der Waals surface area contributed by atoms with Gasteiger partial charge in [-0.1, -0.05) is 48.1 Å². The monoisotopic (exact) mass is 375 g/mol. The van der Waals surface area contributed by atoms with Gasteiger partial charge in [-0.2, -0.15) is 0 Å². The van der Waals surface area contributed by atoms with Gasteiger partial charge in [0.2, 0.25) is 10.1 Å². The molecule has 1 aliphatic rings. The molecule has 3 aromatic rings. The van der Waals surface area contributed by atoms with Crippen LogP contribution in [0.5, 0.6) is 0 Å². The second-order valence-electron chi connectivity index (χ2n) is 7.11. The predicted octanol–water partition coefficient (Wildman–Crippen LogP) is 3.98.